The average Bonchev–Trinajstić information content (AvgIpc) is 2.83. The van der Waals surface area contributed by atoms with E-state index in [1.807, 2.05) is 12.8 Å². The Balaban J connectivity index is 2.16. The number of hydrogen-bond donors (Lipinski definition) is 1. The third-order valence-electron chi connectivity index (χ3n) is 6.14. The van der Waals surface area contributed by atoms with Crippen molar-refractivity contribution < 1.29 is 36.2 Å². The van der Waals surface area contributed by atoms with Crippen LogP contribution in [-0.2, 0) is 4.79 Å². The van der Waals surface area contributed by atoms with E-state index >= 15 is 0 Å². The van der Waals surface area contributed by atoms with Crippen LogP contribution in [0.4, 0.5) is 26.3 Å². The first-order valence-electron chi connectivity index (χ1n) is 8.62. The zero-order valence-corrected chi connectivity index (χ0v) is 14.6. The molecule has 0 saturated heterocycles. The summed E-state index contributed by atoms with van der Waals surface area (Å²) in [6.07, 6.45) is -8.54. The van der Waals surface area contributed by atoms with E-state index in [1.165, 1.54) is 0 Å². The monoisotopic (exact) mass is 384 g/mol. The Morgan fingerprint density at radius 2 is 1.77 bits per heavy atom. The maximum absolute atomic E-state index is 12.6. The fourth-order valence-electron chi connectivity index (χ4n) is 4.69. The molecule has 0 aliphatic heterocycles. The van der Waals surface area contributed by atoms with Crippen molar-refractivity contribution in [2.45, 2.75) is 70.3 Å². The third-order valence-corrected chi connectivity index (χ3v) is 6.14. The van der Waals surface area contributed by atoms with Crippen LogP contribution in [0.3, 0.4) is 0 Å². The lowest BCUT2D eigenvalue weighted by molar-refractivity contribution is -0.343. The van der Waals surface area contributed by atoms with Crippen LogP contribution in [0, 0.1) is 35.0 Å². The van der Waals surface area contributed by atoms with E-state index in [2.05, 4.69) is 0 Å². The maximum Gasteiger partial charge on any atom is 0.438 e. The topological polar surface area (TPSA) is 37.3 Å². The third kappa shape index (κ3) is 3.47. The van der Waals surface area contributed by atoms with Gasteiger partial charge in [-0.1, -0.05) is 19.8 Å². The molecule has 8 heteroatoms. The second-order valence-corrected chi connectivity index (χ2v) is 7.75. The van der Waals surface area contributed by atoms with Gasteiger partial charge in [0.15, 0.2) is 0 Å². The van der Waals surface area contributed by atoms with Crippen LogP contribution in [0.5, 0.6) is 0 Å². The fraction of sp³-hybridized carbons (Fsp3) is 0.833. The zero-order chi connectivity index (χ0) is 20.0. The molecule has 0 spiro atoms. The highest BCUT2D eigenvalue weighted by molar-refractivity contribution is 5.83. The van der Waals surface area contributed by atoms with Gasteiger partial charge in [0.2, 0.25) is 0 Å². The molecule has 2 aliphatic carbocycles. The second kappa shape index (κ2) is 6.74. The number of halogens is 6. The Bertz CT molecular complexity index is 598. The Hall–Kier alpha value is -1.23. The maximum atomic E-state index is 12.6. The van der Waals surface area contributed by atoms with Crippen molar-refractivity contribution in [2.24, 2.45) is 23.2 Å². The first kappa shape index (κ1) is 21.1. The molecule has 0 aromatic carbocycles. The molecule has 26 heavy (non-hydrogen) atoms. The van der Waals surface area contributed by atoms with Gasteiger partial charge < -0.3 is 5.11 Å². The molecule has 2 rings (SSSR count). The Morgan fingerprint density at radius 3 is 2.31 bits per heavy atom. The first-order valence-corrected chi connectivity index (χ1v) is 8.62. The summed E-state index contributed by atoms with van der Waals surface area (Å²) in [7, 11) is 0. The summed E-state index contributed by atoms with van der Waals surface area (Å²) in [5.74, 6) is 2.78. The minimum Gasteiger partial charge on any atom is -0.363 e. The van der Waals surface area contributed by atoms with Crippen molar-refractivity contribution in [1.82, 2.24) is 0 Å². The summed E-state index contributed by atoms with van der Waals surface area (Å²) >= 11 is 0. The fourth-order valence-corrected chi connectivity index (χ4v) is 4.69. The molecule has 4 atom stereocenters. The van der Waals surface area contributed by atoms with Crippen LogP contribution in [0.2, 0.25) is 0 Å². The van der Waals surface area contributed by atoms with E-state index in [0.29, 0.717) is 19.3 Å². The molecule has 0 heterocycles. The Morgan fingerprint density at radius 1 is 1.19 bits per heavy atom. The van der Waals surface area contributed by atoms with E-state index in [9.17, 15) is 31.1 Å². The minimum atomic E-state index is -5.93. The number of carbonyl (C=O) groups is 1. The van der Waals surface area contributed by atoms with Crippen LogP contribution in [0.15, 0.2) is 0 Å². The van der Waals surface area contributed by atoms with E-state index in [-0.39, 0.29) is 35.4 Å². The lowest BCUT2D eigenvalue weighted by Gasteiger charge is -2.42. The molecular formula is C18H22F6O2. The van der Waals surface area contributed by atoms with Gasteiger partial charge in [-0.2, -0.15) is 26.3 Å². The number of rotatable bonds is 2. The molecule has 0 amide bonds. The van der Waals surface area contributed by atoms with E-state index in [4.69, 9.17) is 5.11 Å². The zero-order valence-electron chi connectivity index (χ0n) is 14.6. The number of alkyl halides is 6. The summed E-state index contributed by atoms with van der Waals surface area (Å²) in [4.78, 5) is 12.1. The Kier molecular flexibility index (Phi) is 5.46. The van der Waals surface area contributed by atoms with Gasteiger partial charge in [-0.3, -0.25) is 4.79 Å². The van der Waals surface area contributed by atoms with Gasteiger partial charge in [-0.05, 0) is 48.9 Å². The highest BCUT2D eigenvalue weighted by Gasteiger charge is 2.70. The molecule has 2 fully saturated rings. The van der Waals surface area contributed by atoms with Crippen LogP contribution in [0.25, 0.3) is 0 Å². The summed E-state index contributed by atoms with van der Waals surface area (Å²) in [6, 6.07) is 0. The number of fused-ring (bicyclic) bond motifs is 1. The van der Waals surface area contributed by atoms with Crippen molar-refractivity contribution in [2.75, 3.05) is 0 Å². The molecule has 2 nitrogen and oxygen atoms in total. The van der Waals surface area contributed by atoms with Gasteiger partial charge in [0.05, 0.1) is 0 Å². The predicted molar refractivity (Wildman–Crippen MR) is 81.8 cm³/mol. The Labute approximate surface area is 148 Å². The van der Waals surface area contributed by atoms with Crippen LogP contribution in [-0.4, -0.2) is 28.8 Å². The average molecular weight is 384 g/mol. The number of ketones is 1. The molecule has 0 bridgehead atoms. The van der Waals surface area contributed by atoms with Crippen molar-refractivity contribution in [3.63, 3.8) is 0 Å². The van der Waals surface area contributed by atoms with Gasteiger partial charge in [0, 0.05) is 18.8 Å². The van der Waals surface area contributed by atoms with Crippen molar-refractivity contribution in [3.05, 3.63) is 0 Å². The molecule has 2 saturated carbocycles. The molecule has 2 aliphatic rings. The first-order chi connectivity index (χ1) is 11.7. The van der Waals surface area contributed by atoms with Crippen LogP contribution in [0.1, 0.15) is 52.4 Å². The predicted octanol–water partition coefficient (Wildman–Crippen LogP) is 4.66. The van der Waals surface area contributed by atoms with Crippen molar-refractivity contribution in [1.29, 1.82) is 0 Å². The van der Waals surface area contributed by atoms with Crippen molar-refractivity contribution in [3.8, 4) is 11.8 Å². The number of hydrogen-bond acceptors (Lipinski definition) is 2. The molecule has 4 unspecified atom stereocenters. The van der Waals surface area contributed by atoms with E-state index in [1.54, 1.807) is 6.92 Å². The van der Waals surface area contributed by atoms with Crippen LogP contribution >= 0.6 is 0 Å². The van der Waals surface area contributed by atoms with Gasteiger partial charge in [-0.15, -0.1) is 0 Å². The number of carbonyl (C=O) groups excluding carboxylic acids is 1. The summed E-state index contributed by atoms with van der Waals surface area (Å²) in [6.45, 7) is 3.71. The standard InChI is InChI=1S/C18H22F6O2/c1-11(5-3-10-16(26,17(19,20)21)18(22,23)24)12-7-8-13-14(25)6-4-9-15(12,13)2/h11-13,26H,4-9H2,1-2H3. The molecule has 0 aromatic rings. The van der Waals surface area contributed by atoms with E-state index in [0.717, 1.165) is 18.8 Å². The normalized spacial score (nSPS) is 31.2. The molecule has 1 N–H and O–H groups in total. The van der Waals surface area contributed by atoms with Gasteiger partial charge >= 0.3 is 18.0 Å². The van der Waals surface area contributed by atoms with Gasteiger partial charge in [0.25, 0.3) is 0 Å². The number of Topliss-reactive ketones (excluding diaryl/α,β-unsaturated/α-hetero) is 1. The molecule has 0 radical (unpaired) electrons. The largest absolute Gasteiger partial charge is 0.438 e. The van der Waals surface area contributed by atoms with Gasteiger partial charge in [-0.25, -0.2) is 0 Å². The summed E-state index contributed by atoms with van der Waals surface area (Å²) in [5, 5.41) is 9.07. The van der Waals surface area contributed by atoms with E-state index < -0.39 is 18.0 Å². The summed E-state index contributed by atoms with van der Waals surface area (Å²) < 4.78 is 75.8. The number of aliphatic hydroxyl groups is 1. The molecule has 0 aromatic heterocycles. The smallest absolute Gasteiger partial charge is 0.363 e. The van der Waals surface area contributed by atoms with Crippen LogP contribution < -0.4 is 0 Å². The molecular weight excluding hydrogens is 362 g/mol. The quantitative estimate of drug-likeness (QED) is 0.556. The van der Waals surface area contributed by atoms with Crippen molar-refractivity contribution >= 4 is 5.78 Å². The minimum absolute atomic E-state index is 0.0101. The lowest BCUT2D eigenvalue weighted by Crippen LogP contribution is -2.55. The summed E-state index contributed by atoms with van der Waals surface area (Å²) in [5.41, 5.74) is -5.30. The van der Waals surface area contributed by atoms with Gasteiger partial charge in [0.1, 0.15) is 5.78 Å². The SMILES string of the molecule is CC(CC#CC(O)(C(F)(F)F)C(F)(F)F)C1CCC2C(=O)CCCC21C. The highest BCUT2D eigenvalue weighted by Crippen LogP contribution is 2.57. The highest BCUT2D eigenvalue weighted by atomic mass is 19.4. The second-order valence-electron chi connectivity index (χ2n) is 7.75. The molecule has 148 valence electrons. The lowest BCUT2D eigenvalue weighted by atomic mass is 9.62.